The van der Waals surface area contributed by atoms with Crippen molar-refractivity contribution in [2.75, 3.05) is 26.2 Å². The number of nitrogens with one attached hydrogen (secondary N) is 1. The number of aryl methyl sites for hydroxylation is 1. The molecule has 1 aromatic rings. The molecule has 2 heteroatoms. The maximum atomic E-state index is 4.18. The van der Waals surface area contributed by atoms with Crippen LogP contribution < -0.4 is 5.32 Å². The van der Waals surface area contributed by atoms with Crippen molar-refractivity contribution in [1.29, 1.82) is 0 Å². The quantitative estimate of drug-likeness (QED) is 0.787. The molecule has 1 aliphatic rings. The van der Waals surface area contributed by atoms with Gasteiger partial charge in [0.05, 0.1) is 0 Å². The Morgan fingerprint density at radius 2 is 1.80 bits per heavy atom. The maximum Gasteiger partial charge on any atom is 0.0367 e. The van der Waals surface area contributed by atoms with Crippen LogP contribution in [-0.2, 0) is 0 Å². The molecule has 0 radical (unpaired) electrons. The Labute approximate surface area is 91.6 Å². The van der Waals surface area contributed by atoms with Crippen molar-refractivity contribution in [3.8, 4) is 0 Å². The zero-order valence-electron chi connectivity index (χ0n) is 9.29. The first-order valence-corrected chi connectivity index (χ1v) is 5.49. The molecule has 1 saturated heterocycles. The van der Waals surface area contributed by atoms with Crippen molar-refractivity contribution in [3.63, 3.8) is 0 Å². The molecule has 2 rings (SSSR count). The molecule has 1 aromatic carbocycles. The second kappa shape index (κ2) is 4.49. The standard InChI is InChI=1S/C13H18N2/c1-11-3-5-13(6-4-11)12(2)15-9-7-14-8-10-15/h3-6,14H,2,7-10H2,1H3. The van der Waals surface area contributed by atoms with Gasteiger partial charge in [-0.05, 0) is 12.5 Å². The topological polar surface area (TPSA) is 15.3 Å². The second-order valence-corrected chi connectivity index (χ2v) is 4.05. The van der Waals surface area contributed by atoms with Gasteiger partial charge in [-0.2, -0.15) is 0 Å². The molecule has 0 aromatic heterocycles. The molecule has 0 saturated carbocycles. The van der Waals surface area contributed by atoms with Crippen molar-refractivity contribution in [2.45, 2.75) is 6.92 Å². The van der Waals surface area contributed by atoms with E-state index >= 15 is 0 Å². The van der Waals surface area contributed by atoms with Crippen LogP contribution in [0.15, 0.2) is 30.8 Å². The highest BCUT2D eigenvalue weighted by atomic mass is 15.2. The summed E-state index contributed by atoms with van der Waals surface area (Å²) in [4.78, 5) is 2.35. The first-order valence-electron chi connectivity index (χ1n) is 5.49. The van der Waals surface area contributed by atoms with Crippen LogP contribution in [0.1, 0.15) is 11.1 Å². The van der Waals surface area contributed by atoms with Crippen LogP contribution in [0, 0.1) is 6.92 Å². The molecule has 80 valence electrons. The van der Waals surface area contributed by atoms with Gasteiger partial charge in [-0.25, -0.2) is 0 Å². The van der Waals surface area contributed by atoms with E-state index in [4.69, 9.17) is 0 Å². The molecule has 1 heterocycles. The largest absolute Gasteiger partial charge is 0.369 e. The Bertz CT molecular complexity index is 334. The molecule has 0 amide bonds. The lowest BCUT2D eigenvalue weighted by atomic mass is 10.1. The Hall–Kier alpha value is -1.28. The smallest absolute Gasteiger partial charge is 0.0367 e. The summed E-state index contributed by atoms with van der Waals surface area (Å²) < 4.78 is 0. The molecular formula is C13H18N2. The predicted octanol–water partition coefficient (Wildman–Crippen LogP) is 1.87. The number of nitrogens with zero attached hydrogens (tertiary/aromatic N) is 1. The van der Waals surface area contributed by atoms with Gasteiger partial charge in [0.2, 0.25) is 0 Å². The summed E-state index contributed by atoms with van der Waals surface area (Å²) in [5, 5.41) is 3.35. The highest BCUT2D eigenvalue weighted by molar-refractivity contribution is 5.62. The van der Waals surface area contributed by atoms with Crippen LogP contribution in [0.2, 0.25) is 0 Å². The Morgan fingerprint density at radius 3 is 2.40 bits per heavy atom. The molecule has 0 unspecified atom stereocenters. The fraction of sp³-hybridized carbons (Fsp3) is 0.385. The van der Waals surface area contributed by atoms with E-state index in [0.717, 1.165) is 31.9 Å². The number of benzene rings is 1. The van der Waals surface area contributed by atoms with Crippen molar-refractivity contribution in [1.82, 2.24) is 10.2 Å². The summed E-state index contributed by atoms with van der Waals surface area (Å²) in [5.74, 6) is 0. The Balaban J connectivity index is 2.09. The first-order chi connectivity index (χ1) is 7.27. The van der Waals surface area contributed by atoms with E-state index in [0.29, 0.717) is 0 Å². The maximum absolute atomic E-state index is 4.18. The Morgan fingerprint density at radius 1 is 1.20 bits per heavy atom. The zero-order valence-corrected chi connectivity index (χ0v) is 9.29. The molecular weight excluding hydrogens is 184 g/mol. The van der Waals surface area contributed by atoms with Crippen LogP contribution in [0.25, 0.3) is 5.70 Å². The zero-order chi connectivity index (χ0) is 10.7. The summed E-state index contributed by atoms with van der Waals surface area (Å²) in [5.41, 5.74) is 3.69. The molecule has 0 atom stereocenters. The number of rotatable bonds is 2. The van der Waals surface area contributed by atoms with E-state index in [2.05, 4.69) is 48.0 Å². The van der Waals surface area contributed by atoms with E-state index in [1.165, 1.54) is 11.1 Å². The van der Waals surface area contributed by atoms with Crippen LogP contribution in [0.4, 0.5) is 0 Å². The predicted molar refractivity (Wildman–Crippen MR) is 64.7 cm³/mol. The fourth-order valence-electron chi connectivity index (χ4n) is 1.86. The summed E-state index contributed by atoms with van der Waals surface area (Å²) in [7, 11) is 0. The SMILES string of the molecule is C=C(c1ccc(C)cc1)N1CCNCC1. The lowest BCUT2D eigenvalue weighted by molar-refractivity contribution is 0.341. The van der Waals surface area contributed by atoms with E-state index < -0.39 is 0 Å². The van der Waals surface area contributed by atoms with Gasteiger partial charge in [0.25, 0.3) is 0 Å². The average molecular weight is 202 g/mol. The van der Waals surface area contributed by atoms with Gasteiger partial charge in [0, 0.05) is 31.9 Å². The van der Waals surface area contributed by atoms with Crippen molar-refractivity contribution >= 4 is 5.70 Å². The molecule has 1 N–H and O–H groups in total. The minimum Gasteiger partial charge on any atom is -0.369 e. The average Bonchev–Trinajstić information content (AvgIpc) is 2.30. The monoisotopic (exact) mass is 202 g/mol. The summed E-state index contributed by atoms with van der Waals surface area (Å²) in [6.45, 7) is 10.5. The van der Waals surface area contributed by atoms with E-state index in [9.17, 15) is 0 Å². The third kappa shape index (κ3) is 2.39. The summed E-state index contributed by atoms with van der Waals surface area (Å²) in [6.07, 6.45) is 0. The molecule has 2 nitrogen and oxygen atoms in total. The minimum atomic E-state index is 1.06. The van der Waals surface area contributed by atoms with Crippen molar-refractivity contribution in [3.05, 3.63) is 42.0 Å². The third-order valence-electron chi connectivity index (χ3n) is 2.88. The lowest BCUT2D eigenvalue weighted by Crippen LogP contribution is -2.42. The molecule has 0 aliphatic carbocycles. The van der Waals surface area contributed by atoms with E-state index in [-0.39, 0.29) is 0 Å². The van der Waals surface area contributed by atoms with Crippen LogP contribution in [0.5, 0.6) is 0 Å². The van der Waals surface area contributed by atoms with Gasteiger partial charge < -0.3 is 10.2 Å². The molecule has 0 spiro atoms. The van der Waals surface area contributed by atoms with Crippen molar-refractivity contribution in [2.24, 2.45) is 0 Å². The van der Waals surface area contributed by atoms with Crippen LogP contribution in [-0.4, -0.2) is 31.1 Å². The van der Waals surface area contributed by atoms with Crippen LogP contribution >= 0.6 is 0 Å². The molecule has 1 aliphatic heterocycles. The van der Waals surface area contributed by atoms with Gasteiger partial charge in [-0.1, -0.05) is 36.4 Å². The second-order valence-electron chi connectivity index (χ2n) is 4.05. The van der Waals surface area contributed by atoms with Gasteiger partial charge in [-0.15, -0.1) is 0 Å². The lowest BCUT2D eigenvalue weighted by Gasteiger charge is -2.31. The Kier molecular flexibility index (Phi) is 3.07. The third-order valence-corrected chi connectivity index (χ3v) is 2.88. The van der Waals surface area contributed by atoms with Gasteiger partial charge >= 0.3 is 0 Å². The fourth-order valence-corrected chi connectivity index (χ4v) is 1.86. The first kappa shape index (κ1) is 10.2. The van der Waals surface area contributed by atoms with Gasteiger partial charge in [-0.3, -0.25) is 0 Å². The number of piperazine rings is 1. The van der Waals surface area contributed by atoms with Gasteiger partial charge in [0.15, 0.2) is 0 Å². The van der Waals surface area contributed by atoms with Gasteiger partial charge in [0.1, 0.15) is 0 Å². The number of hydrogen-bond donors (Lipinski definition) is 1. The number of hydrogen-bond acceptors (Lipinski definition) is 2. The van der Waals surface area contributed by atoms with E-state index in [1.807, 2.05) is 0 Å². The molecule has 0 bridgehead atoms. The van der Waals surface area contributed by atoms with Crippen molar-refractivity contribution < 1.29 is 0 Å². The highest BCUT2D eigenvalue weighted by Crippen LogP contribution is 2.17. The van der Waals surface area contributed by atoms with E-state index in [1.54, 1.807) is 0 Å². The molecule has 15 heavy (non-hydrogen) atoms. The summed E-state index contributed by atoms with van der Waals surface area (Å²) in [6, 6.07) is 8.59. The molecule has 1 fully saturated rings. The summed E-state index contributed by atoms with van der Waals surface area (Å²) >= 11 is 0. The highest BCUT2D eigenvalue weighted by Gasteiger charge is 2.12. The van der Waals surface area contributed by atoms with Crippen LogP contribution in [0.3, 0.4) is 0 Å². The normalized spacial score (nSPS) is 16.5. The minimum absolute atomic E-state index is 1.06.